The highest BCUT2D eigenvalue weighted by molar-refractivity contribution is 5.38. The molecule has 3 saturated carbocycles. The van der Waals surface area contributed by atoms with Gasteiger partial charge in [0.15, 0.2) is 0 Å². The van der Waals surface area contributed by atoms with E-state index in [9.17, 15) is 15.3 Å². The number of hydrogen-bond acceptors (Lipinski definition) is 4. The van der Waals surface area contributed by atoms with Crippen molar-refractivity contribution in [3.05, 3.63) is 35.5 Å². The molecule has 4 nitrogen and oxygen atoms in total. The van der Waals surface area contributed by atoms with Crippen LogP contribution in [0.1, 0.15) is 78.6 Å². The molecule has 0 spiro atoms. The van der Waals surface area contributed by atoms with Crippen molar-refractivity contribution in [3.63, 3.8) is 0 Å². The second-order valence-corrected chi connectivity index (χ2v) is 11.3. The molecule has 4 fully saturated rings. The Morgan fingerprint density at radius 3 is 2.65 bits per heavy atom. The number of hydrogen-bond donors (Lipinski definition) is 3. The zero-order valence-electron chi connectivity index (χ0n) is 19.6. The molecule has 1 heterocycles. The lowest BCUT2D eigenvalue weighted by Gasteiger charge is -2.44. The summed E-state index contributed by atoms with van der Waals surface area (Å²) in [5.41, 5.74) is 3.34. The molecule has 8 atom stereocenters. The topological polar surface area (TPSA) is 73.2 Å². The van der Waals surface area contributed by atoms with Crippen LogP contribution in [0.25, 0.3) is 0 Å². The average molecular weight is 431 g/mol. The summed E-state index contributed by atoms with van der Waals surface area (Å²) >= 11 is 0. The van der Waals surface area contributed by atoms with Gasteiger partial charge < -0.3 is 20.1 Å². The number of aliphatic hydroxyl groups is 3. The van der Waals surface area contributed by atoms with Crippen molar-refractivity contribution >= 4 is 0 Å². The molecule has 3 N–H and O–H groups in total. The van der Waals surface area contributed by atoms with Gasteiger partial charge >= 0.3 is 0 Å². The Kier molecular flexibility index (Phi) is 6.58. The van der Waals surface area contributed by atoms with E-state index in [0.29, 0.717) is 42.6 Å². The van der Waals surface area contributed by atoms with Crippen LogP contribution in [0, 0.1) is 23.2 Å². The third kappa shape index (κ3) is 4.59. The second-order valence-electron chi connectivity index (χ2n) is 11.3. The van der Waals surface area contributed by atoms with Crippen LogP contribution in [-0.4, -0.2) is 45.8 Å². The lowest BCUT2D eigenvalue weighted by molar-refractivity contribution is 0.0546. The summed E-state index contributed by atoms with van der Waals surface area (Å²) in [6, 6.07) is 0. The van der Waals surface area contributed by atoms with Gasteiger partial charge in [-0.1, -0.05) is 38.2 Å². The van der Waals surface area contributed by atoms with Crippen molar-refractivity contribution in [1.29, 1.82) is 0 Å². The molecule has 0 aromatic rings. The summed E-state index contributed by atoms with van der Waals surface area (Å²) in [6.45, 7) is 11.6. The molecule has 4 rings (SSSR count). The van der Waals surface area contributed by atoms with Gasteiger partial charge in [-0.15, -0.1) is 0 Å². The van der Waals surface area contributed by atoms with E-state index >= 15 is 0 Å². The molecule has 0 aromatic heterocycles. The second kappa shape index (κ2) is 8.78. The van der Waals surface area contributed by atoms with E-state index in [-0.39, 0.29) is 11.7 Å². The summed E-state index contributed by atoms with van der Waals surface area (Å²) in [6.07, 6.45) is 12.0. The number of rotatable bonds is 6. The maximum absolute atomic E-state index is 10.4. The molecular formula is C27H42O4. The molecule has 1 saturated heterocycles. The van der Waals surface area contributed by atoms with Crippen LogP contribution in [0.5, 0.6) is 0 Å². The largest absolute Gasteiger partial charge is 0.393 e. The van der Waals surface area contributed by atoms with Gasteiger partial charge in [-0.05, 0) is 92.6 Å². The van der Waals surface area contributed by atoms with Crippen molar-refractivity contribution in [2.45, 2.75) is 102 Å². The Bertz CT molecular complexity index is 748. The van der Waals surface area contributed by atoms with E-state index in [2.05, 4.69) is 32.6 Å². The monoisotopic (exact) mass is 430 g/mol. The fourth-order valence-corrected chi connectivity index (χ4v) is 6.91. The normalized spacial score (nSPS) is 45.0. The Hall–Kier alpha value is -0.940. The molecule has 0 radical (unpaired) electrons. The molecule has 0 unspecified atom stereocenters. The zero-order valence-corrected chi connectivity index (χ0v) is 19.6. The van der Waals surface area contributed by atoms with Gasteiger partial charge in [0.2, 0.25) is 0 Å². The van der Waals surface area contributed by atoms with E-state index in [1.54, 1.807) is 0 Å². The molecule has 0 bridgehead atoms. The zero-order chi connectivity index (χ0) is 22.4. The first kappa shape index (κ1) is 23.2. The van der Waals surface area contributed by atoms with Crippen LogP contribution in [0.3, 0.4) is 0 Å². The molecule has 174 valence electrons. The summed E-state index contributed by atoms with van der Waals surface area (Å²) < 4.78 is 5.43. The van der Waals surface area contributed by atoms with Crippen molar-refractivity contribution in [2.75, 3.05) is 6.61 Å². The number of ether oxygens (including phenoxy) is 1. The quantitative estimate of drug-likeness (QED) is 0.534. The highest BCUT2D eigenvalue weighted by atomic mass is 16.6. The summed E-state index contributed by atoms with van der Waals surface area (Å²) in [5, 5.41) is 30.6. The lowest BCUT2D eigenvalue weighted by atomic mass is 9.60. The first-order valence-corrected chi connectivity index (χ1v) is 12.4. The maximum Gasteiger partial charge on any atom is 0.115 e. The molecule has 4 aliphatic rings. The Balaban J connectivity index is 1.44. The Morgan fingerprint density at radius 2 is 1.94 bits per heavy atom. The van der Waals surface area contributed by atoms with E-state index in [1.165, 1.54) is 31.3 Å². The van der Waals surface area contributed by atoms with Crippen LogP contribution in [0.2, 0.25) is 0 Å². The molecule has 31 heavy (non-hydrogen) atoms. The predicted molar refractivity (Wildman–Crippen MR) is 123 cm³/mol. The standard InChI is InChI=1S/C27H42O4/c1-17(7-12-25(30)27(4)16-31-27)22-10-11-23-19(6-5-13-26(22,23)3)8-9-20-14-21(28)15-24(29)18(20)2/h8-9,17,21-25,28-30H,2,5-7,10-16H2,1,3-4H3/b19-8+,20-9-/t17-,21-,22-,23+,24+,25-,26-,27+/m1/s1. The fraction of sp³-hybridized carbons (Fsp3) is 0.778. The van der Waals surface area contributed by atoms with Gasteiger partial charge in [0.05, 0.1) is 24.9 Å². The highest BCUT2D eigenvalue weighted by Crippen LogP contribution is 2.60. The average Bonchev–Trinajstić information content (AvgIpc) is 3.37. The summed E-state index contributed by atoms with van der Waals surface area (Å²) in [5.74, 6) is 1.92. The van der Waals surface area contributed by atoms with Gasteiger partial charge in [-0.2, -0.15) is 0 Å². The minimum absolute atomic E-state index is 0.291. The maximum atomic E-state index is 10.4. The van der Waals surface area contributed by atoms with E-state index in [4.69, 9.17) is 4.74 Å². The molecular weight excluding hydrogens is 388 g/mol. The first-order valence-electron chi connectivity index (χ1n) is 12.4. The molecule has 4 heteroatoms. The smallest absolute Gasteiger partial charge is 0.115 e. The highest BCUT2D eigenvalue weighted by Gasteiger charge is 2.51. The number of fused-ring (bicyclic) bond motifs is 1. The van der Waals surface area contributed by atoms with Crippen LogP contribution >= 0.6 is 0 Å². The van der Waals surface area contributed by atoms with E-state index < -0.39 is 12.2 Å². The molecule has 0 aromatic carbocycles. The Labute approximate surface area is 188 Å². The van der Waals surface area contributed by atoms with Crippen molar-refractivity contribution < 1.29 is 20.1 Å². The number of epoxide rings is 1. The Morgan fingerprint density at radius 1 is 1.19 bits per heavy atom. The minimum atomic E-state index is -0.625. The first-order chi connectivity index (χ1) is 14.6. The van der Waals surface area contributed by atoms with Crippen LogP contribution in [0.4, 0.5) is 0 Å². The molecule has 1 aliphatic heterocycles. The van der Waals surface area contributed by atoms with E-state index in [1.807, 2.05) is 6.92 Å². The predicted octanol–water partition coefficient (Wildman–Crippen LogP) is 4.69. The third-order valence-electron chi connectivity index (χ3n) is 9.19. The summed E-state index contributed by atoms with van der Waals surface area (Å²) in [4.78, 5) is 0. The van der Waals surface area contributed by atoms with E-state index in [0.717, 1.165) is 30.4 Å². The molecule has 0 amide bonds. The number of aliphatic hydroxyl groups excluding tert-OH is 3. The van der Waals surface area contributed by atoms with Gasteiger partial charge in [0.25, 0.3) is 0 Å². The minimum Gasteiger partial charge on any atom is -0.393 e. The molecule has 3 aliphatic carbocycles. The fourth-order valence-electron chi connectivity index (χ4n) is 6.91. The van der Waals surface area contributed by atoms with Crippen molar-refractivity contribution in [2.24, 2.45) is 23.2 Å². The van der Waals surface area contributed by atoms with Crippen molar-refractivity contribution in [3.8, 4) is 0 Å². The summed E-state index contributed by atoms with van der Waals surface area (Å²) in [7, 11) is 0. The third-order valence-corrected chi connectivity index (χ3v) is 9.19. The van der Waals surface area contributed by atoms with Gasteiger partial charge in [-0.25, -0.2) is 0 Å². The lowest BCUT2D eigenvalue weighted by Crippen LogP contribution is -2.36. The van der Waals surface area contributed by atoms with Gasteiger partial charge in [0.1, 0.15) is 5.60 Å². The van der Waals surface area contributed by atoms with Crippen LogP contribution < -0.4 is 0 Å². The SMILES string of the molecule is C=C1/C(=C\C=C2/CCC[C@]3(C)[C@@H]([C@H](C)CC[C@@H](O)[C@]4(C)CO4)CC[C@@H]23)C[C@@H](O)C[C@@H]1O. The van der Waals surface area contributed by atoms with Gasteiger partial charge in [-0.3, -0.25) is 0 Å². The van der Waals surface area contributed by atoms with Crippen LogP contribution in [0.15, 0.2) is 35.5 Å². The van der Waals surface area contributed by atoms with Crippen molar-refractivity contribution in [1.82, 2.24) is 0 Å². The number of allylic oxidation sites excluding steroid dienone is 3. The van der Waals surface area contributed by atoms with Crippen LogP contribution in [-0.2, 0) is 4.74 Å². The van der Waals surface area contributed by atoms with Gasteiger partial charge in [0, 0.05) is 6.42 Å².